The van der Waals surface area contributed by atoms with Crippen LogP contribution in [0.3, 0.4) is 0 Å². The van der Waals surface area contributed by atoms with E-state index >= 15 is 0 Å². The fraction of sp³-hybridized carbons (Fsp3) is 0.625. The van der Waals surface area contributed by atoms with E-state index in [1.807, 2.05) is 0 Å². The van der Waals surface area contributed by atoms with Crippen molar-refractivity contribution in [3.8, 4) is 0 Å². The molecule has 3 rings (SSSR count). The minimum absolute atomic E-state index is 0.289. The van der Waals surface area contributed by atoms with Crippen LogP contribution in [0.15, 0.2) is 24.3 Å². The Kier molecular flexibility index (Phi) is 3.42. The van der Waals surface area contributed by atoms with Gasteiger partial charge in [0.05, 0.1) is 0 Å². The third-order valence-electron chi connectivity index (χ3n) is 4.82. The summed E-state index contributed by atoms with van der Waals surface area (Å²) in [6.45, 7) is 2.18. The van der Waals surface area contributed by atoms with E-state index in [2.05, 4.69) is 43.0 Å². The summed E-state index contributed by atoms with van der Waals surface area (Å²) in [4.78, 5) is 0. The molecule has 1 aliphatic carbocycles. The van der Waals surface area contributed by atoms with Crippen LogP contribution in [0.5, 0.6) is 0 Å². The maximum atomic E-state index is 6.26. The minimum Gasteiger partial charge on any atom is -0.327 e. The van der Waals surface area contributed by atoms with Crippen molar-refractivity contribution in [2.45, 2.75) is 50.0 Å². The van der Waals surface area contributed by atoms with Gasteiger partial charge in [0.25, 0.3) is 0 Å². The molecule has 0 bridgehead atoms. The van der Waals surface area contributed by atoms with Crippen molar-refractivity contribution in [3.63, 3.8) is 0 Å². The highest BCUT2D eigenvalue weighted by Gasteiger charge is 2.48. The number of thioether (sulfide) groups is 1. The molecule has 2 fully saturated rings. The van der Waals surface area contributed by atoms with Crippen LogP contribution in [0.4, 0.5) is 0 Å². The lowest BCUT2D eigenvalue weighted by Gasteiger charge is -2.29. The molecule has 1 saturated heterocycles. The molecule has 1 aromatic carbocycles. The zero-order chi connectivity index (χ0) is 12.6. The van der Waals surface area contributed by atoms with Gasteiger partial charge in [0, 0.05) is 11.5 Å². The molecule has 0 aromatic heterocycles. The van der Waals surface area contributed by atoms with E-state index in [4.69, 9.17) is 5.73 Å². The number of hydrogen-bond acceptors (Lipinski definition) is 2. The number of hydrogen-bond donors (Lipinski definition) is 1. The van der Waals surface area contributed by atoms with Gasteiger partial charge in [0.2, 0.25) is 0 Å². The molecule has 1 saturated carbocycles. The Labute approximate surface area is 115 Å². The minimum atomic E-state index is 0.289. The lowest BCUT2D eigenvalue weighted by Crippen LogP contribution is -2.32. The van der Waals surface area contributed by atoms with E-state index in [0.717, 1.165) is 5.92 Å². The molecule has 0 radical (unpaired) electrons. The third-order valence-corrected chi connectivity index (χ3v) is 5.87. The maximum absolute atomic E-state index is 6.26. The van der Waals surface area contributed by atoms with Gasteiger partial charge >= 0.3 is 0 Å². The molecule has 18 heavy (non-hydrogen) atoms. The summed E-state index contributed by atoms with van der Waals surface area (Å²) in [5, 5.41) is 0. The predicted octanol–water partition coefficient (Wildman–Crippen LogP) is 3.68. The van der Waals surface area contributed by atoms with Crippen LogP contribution in [-0.4, -0.2) is 17.5 Å². The third kappa shape index (κ3) is 2.10. The molecule has 1 unspecified atom stereocenters. The summed E-state index contributed by atoms with van der Waals surface area (Å²) < 4.78 is 0. The van der Waals surface area contributed by atoms with E-state index in [0.29, 0.717) is 5.41 Å². The Morgan fingerprint density at radius 2 is 1.89 bits per heavy atom. The van der Waals surface area contributed by atoms with Gasteiger partial charge in [0.1, 0.15) is 0 Å². The summed E-state index contributed by atoms with van der Waals surface area (Å²) in [6, 6.07) is 9.39. The molecule has 1 nitrogen and oxygen atoms in total. The monoisotopic (exact) mass is 261 g/mol. The van der Waals surface area contributed by atoms with Crippen LogP contribution in [-0.2, 0) is 5.41 Å². The molecular weight excluding hydrogens is 238 g/mol. The average molecular weight is 261 g/mol. The Bertz CT molecular complexity index is 417. The van der Waals surface area contributed by atoms with E-state index < -0.39 is 0 Å². The SMILES string of the molecule is CC(N)C1(c2ccccc2C2CCSCC2)CC1. The van der Waals surface area contributed by atoms with E-state index in [9.17, 15) is 0 Å². The topological polar surface area (TPSA) is 26.0 Å². The van der Waals surface area contributed by atoms with Crippen molar-refractivity contribution in [2.24, 2.45) is 5.73 Å². The van der Waals surface area contributed by atoms with Crippen LogP contribution in [0.1, 0.15) is 49.7 Å². The fourth-order valence-corrected chi connectivity index (χ4v) is 4.53. The molecule has 2 heteroatoms. The number of benzene rings is 1. The van der Waals surface area contributed by atoms with Crippen molar-refractivity contribution in [1.82, 2.24) is 0 Å². The maximum Gasteiger partial charge on any atom is 0.0108 e. The Hall–Kier alpha value is -0.470. The first-order valence-electron chi connectivity index (χ1n) is 7.17. The van der Waals surface area contributed by atoms with Crippen LogP contribution >= 0.6 is 11.8 Å². The Morgan fingerprint density at radius 1 is 1.22 bits per heavy atom. The summed E-state index contributed by atoms with van der Waals surface area (Å²) in [7, 11) is 0. The zero-order valence-electron chi connectivity index (χ0n) is 11.2. The summed E-state index contributed by atoms with van der Waals surface area (Å²) in [5.41, 5.74) is 9.74. The summed E-state index contributed by atoms with van der Waals surface area (Å²) in [5.74, 6) is 3.42. The van der Waals surface area contributed by atoms with E-state index in [1.165, 1.54) is 37.2 Å². The molecule has 0 amide bonds. The lowest BCUT2D eigenvalue weighted by atomic mass is 9.80. The van der Waals surface area contributed by atoms with Crippen molar-refractivity contribution in [2.75, 3.05) is 11.5 Å². The molecule has 2 N–H and O–H groups in total. The second-order valence-corrected chi connectivity index (χ2v) is 7.14. The lowest BCUT2D eigenvalue weighted by molar-refractivity contribution is 0.537. The van der Waals surface area contributed by atoms with E-state index in [1.54, 1.807) is 11.1 Å². The number of nitrogens with two attached hydrogens (primary N) is 1. The molecular formula is C16H23NS. The van der Waals surface area contributed by atoms with E-state index in [-0.39, 0.29) is 6.04 Å². The number of rotatable bonds is 3. The highest BCUT2D eigenvalue weighted by atomic mass is 32.2. The van der Waals surface area contributed by atoms with Crippen LogP contribution in [0.2, 0.25) is 0 Å². The van der Waals surface area contributed by atoms with Gasteiger partial charge < -0.3 is 5.73 Å². The summed E-state index contributed by atoms with van der Waals surface area (Å²) in [6.07, 6.45) is 5.25. The molecule has 1 aliphatic heterocycles. The standard InChI is InChI=1S/C16H23NS/c1-12(17)16(8-9-16)15-5-3-2-4-14(15)13-6-10-18-11-7-13/h2-5,12-13H,6-11,17H2,1H3. The predicted molar refractivity (Wildman–Crippen MR) is 80.3 cm³/mol. The Balaban J connectivity index is 1.95. The normalized spacial score (nSPS) is 24.8. The zero-order valence-corrected chi connectivity index (χ0v) is 12.0. The van der Waals surface area contributed by atoms with Gasteiger partial charge in [-0.05, 0) is 61.2 Å². The molecule has 1 aromatic rings. The fourth-order valence-electron chi connectivity index (χ4n) is 3.42. The summed E-state index contributed by atoms with van der Waals surface area (Å²) >= 11 is 2.10. The molecule has 1 atom stereocenters. The van der Waals surface area contributed by atoms with Gasteiger partial charge in [0.15, 0.2) is 0 Å². The first kappa shape index (κ1) is 12.6. The first-order chi connectivity index (χ1) is 8.74. The van der Waals surface area contributed by atoms with Gasteiger partial charge in [-0.2, -0.15) is 11.8 Å². The highest BCUT2D eigenvalue weighted by Crippen LogP contribution is 2.53. The molecule has 0 spiro atoms. The van der Waals surface area contributed by atoms with Gasteiger partial charge in [-0.25, -0.2) is 0 Å². The van der Waals surface area contributed by atoms with Crippen LogP contribution in [0.25, 0.3) is 0 Å². The first-order valence-corrected chi connectivity index (χ1v) is 8.32. The average Bonchev–Trinajstić information content (AvgIpc) is 3.21. The Morgan fingerprint density at radius 3 is 2.50 bits per heavy atom. The quantitative estimate of drug-likeness (QED) is 0.898. The molecule has 2 aliphatic rings. The van der Waals surface area contributed by atoms with Crippen LogP contribution < -0.4 is 5.73 Å². The largest absolute Gasteiger partial charge is 0.327 e. The van der Waals surface area contributed by atoms with Crippen molar-refractivity contribution in [3.05, 3.63) is 35.4 Å². The molecule has 98 valence electrons. The van der Waals surface area contributed by atoms with Crippen molar-refractivity contribution >= 4 is 11.8 Å². The van der Waals surface area contributed by atoms with Crippen molar-refractivity contribution < 1.29 is 0 Å². The van der Waals surface area contributed by atoms with Gasteiger partial charge in [-0.3, -0.25) is 0 Å². The molecule has 1 heterocycles. The van der Waals surface area contributed by atoms with Gasteiger partial charge in [-0.1, -0.05) is 24.3 Å². The van der Waals surface area contributed by atoms with Crippen molar-refractivity contribution in [1.29, 1.82) is 0 Å². The van der Waals surface area contributed by atoms with Gasteiger partial charge in [-0.15, -0.1) is 0 Å². The second-order valence-electron chi connectivity index (χ2n) is 5.92. The smallest absolute Gasteiger partial charge is 0.0108 e. The van der Waals surface area contributed by atoms with Crippen LogP contribution in [0, 0.1) is 0 Å². The second kappa shape index (κ2) is 4.90. The highest BCUT2D eigenvalue weighted by molar-refractivity contribution is 7.99.